The number of carbonyl (C=O) groups is 1. The van der Waals surface area contributed by atoms with Gasteiger partial charge in [0.15, 0.2) is 11.9 Å². The van der Waals surface area contributed by atoms with Crippen molar-refractivity contribution in [2.24, 2.45) is 5.92 Å². The van der Waals surface area contributed by atoms with E-state index < -0.39 is 17.8 Å². The number of aliphatic hydroxyl groups is 2. The predicted octanol–water partition coefficient (Wildman–Crippen LogP) is 6.75. The van der Waals surface area contributed by atoms with Gasteiger partial charge in [-0.25, -0.2) is 4.79 Å². The lowest BCUT2D eigenvalue weighted by Crippen LogP contribution is -2.23. The van der Waals surface area contributed by atoms with Crippen LogP contribution in [0.4, 0.5) is 0 Å². The highest BCUT2D eigenvalue weighted by atomic mass is 16.6. The Hall–Kier alpha value is -1.19. The standard InChI is InChI=1S/C22H40O4/c1-3-5-6-7-8-9-10-11-12-13-14-15-16-17-18(4-2)21-19(23)20(24)22(25)26-21/h18,21,23-24H,3-17H2,1-2H3. The van der Waals surface area contributed by atoms with Crippen molar-refractivity contribution >= 4 is 5.97 Å². The molecule has 0 aromatic heterocycles. The molecule has 0 spiro atoms. The molecule has 4 heteroatoms. The van der Waals surface area contributed by atoms with Crippen molar-refractivity contribution in [3.8, 4) is 0 Å². The van der Waals surface area contributed by atoms with Gasteiger partial charge in [0, 0.05) is 5.92 Å². The minimum absolute atomic E-state index is 0.0938. The summed E-state index contributed by atoms with van der Waals surface area (Å²) in [4.78, 5) is 11.3. The monoisotopic (exact) mass is 368 g/mol. The molecule has 0 bridgehead atoms. The molecule has 1 rings (SSSR count). The van der Waals surface area contributed by atoms with E-state index >= 15 is 0 Å². The Morgan fingerprint density at radius 2 is 1.27 bits per heavy atom. The van der Waals surface area contributed by atoms with Crippen LogP contribution in [0.3, 0.4) is 0 Å². The average Bonchev–Trinajstić information content (AvgIpc) is 2.89. The van der Waals surface area contributed by atoms with Crippen LogP contribution in [0.25, 0.3) is 0 Å². The molecule has 0 aromatic carbocycles. The van der Waals surface area contributed by atoms with Gasteiger partial charge in [0.05, 0.1) is 0 Å². The molecule has 2 unspecified atom stereocenters. The normalized spacial score (nSPS) is 18.4. The molecule has 0 fully saturated rings. The summed E-state index contributed by atoms with van der Waals surface area (Å²) in [5.74, 6) is -1.59. The quantitative estimate of drug-likeness (QED) is 0.234. The first-order valence-corrected chi connectivity index (χ1v) is 10.9. The van der Waals surface area contributed by atoms with Gasteiger partial charge in [-0.05, 0) is 12.8 Å². The van der Waals surface area contributed by atoms with E-state index in [1.807, 2.05) is 6.92 Å². The lowest BCUT2D eigenvalue weighted by Gasteiger charge is -2.21. The van der Waals surface area contributed by atoms with Crippen molar-refractivity contribution < 1.29 is 19.7 Å². The van der Waals surface area contributed by atoms with Gasteiger partial charge < -0.3 is 14.9 Å². The molecule has 4 nitrogen and oxygen atoms in total. The van der Waals surface area contributed by atoms with Crippen molar-refractivity contribution in [3.63, 3.8) is 0 Å². The number of unbranched alkanes of at least 4 members (excludes halogenated alkanes) is 12. The Morgan fingerprint density at radius 1 is 0.808 bits per heavy atom. The van der Waals surface area contributed by atoms with Gasteiger partial charge in [0.1, 0.15) is 0 Å². The van der Waals surface area contributed by atoms with E-state index in [0.29, 0.717) is 0 Å². The van der Waals surface area contributed by atoms with Gasteiger partial charge in [0.25, 0.3) is 0 Å². The molecule has 1 aliphatic heterocycles. The number of hydrogen-bond acceptors (Lipinski definition) is 4. The molecular weight excluding hydrogens is 328 g/mol. The first kappa shape index (κ1) is 22.9. The molecule has 0 amide bonds. The second-order valence-corrected chi connectivity index (χ2v) is 7.76. The van der Waals surface area contributed by atoms with Crippen molar-refractivity contribution in [2.45, 2.75) is 116 Å². The highest BCUT2D eigenvalue weighted by Crippen LogP contribution is 2.30. The van der Waals surface area contributed by atoms with E-state index in [2.05, 4.69) is 6.92 Å². The third-order valence-corrected chi connectivity index (χ3v) is 5.57. The Labute approximate surface area is 160 Å². The minimum atomic E-state index is -0.795. The fraction of sp³-hybridized carbons (Fsp3) is 0.864. The van der Waals surface area contributed by atoms with E-state index in [1.54, 1.807) is 0 Å². The Balaban J connectivity index is 1.97. The first-order chi connectivity index (χ1) is 12.6. The molecule has 0 saturated carbocycles. The second kappa shape index (κ2) is 13.9. The summed E-state index contributed by atoms with van der Waals surface area (Å²) in [7, 11) is 0. The zero-order valence-electron chi connectivity index (χ0n) is 17.0. The van der Waals surface area contributed by atoms with Crippen LogP contribution in [0.5, 0.6) is 0 Å². The van der Waals surface area contributed by atoms with Crippen LogP contribution in [-0.4, -0.2) is 22.3 Å². The maximum atomic E-state index is 11.3. The maximum Gasteiger partial charge on any atom is 0.377 e. The first-order valence-electron chi connectivity index (χ1n) is 10.9. The van der Waals surface area contributed by atoms with Crippen LogP contribution in [0, 0.1) is 5.92 Å². The third kappa shape index (κ3) is 8.46. The number of esters is 1. The molecule has 152 valence electrons. The van der Waals surface area contributed by atoms with Gasteiger partial charge in [0.2, 0.25) is 5.76 Å². The van der Waals surface area contributed by atoms with Crippen LogP contribution in [0.15, 0.2) is 11.5 Å². The Bertz CT molecular complexity index is 416. The van der Waals surface area contributed by atoms with Gasteiger partial charge in [-0.15, -0.1) is 0 Å². The van der Waals surface area contributed by atoms with Crippen LogP contribution < -0.4 is 0 Å². The Morgan fingerprint density at radius 3 is 1.65 bits per heavy atom. The van der Waals surface area contributed by atoms with Crippen molar-refractivity contribution in [1.29, 1.82) is 0 Å². The number of ether oxygens (including phenoxy) is 1. The van der Waals surface area contributed by atoms with Crippen LogP contribution >= 0.6 is 0 Å². The molecule has 0 aliphatic carbocycles. The smallest absolute Gasteiger partial charge is 0.377 e. The number of rotatable bonds is 16. The number of cyclic esters (lactones) is 1. The van der Waals surface area contributed by atoms with E-state index in [0.717, 1.165) is 19.3 Å². The lowest BCUT2D eigenvalue weighted by molar-refractivity contribution is -0.144. The summed E-state index contributed by atoms with van der Waals surface area (Å²) in [6, 6.07) is 0. The molecule has 0 saturated heterocycles. The molecule has 0 radical (unpaired) electrons. The lowest BCUT2D eigenvalue weighted by atomic mass is 9.91. The van der Waals surface area contributed by atoms with Crippen LogP contribution in [-0.2, 0) is 9.53 Å². The molecule has 26 heavy (non-hydrogen) atoms. The molecule has 2 atom stereocenters. The maximum absolute atomic E-state index is 11.3. The zero-order valence-corrected chi connectivity index (χ0v) is 17.0. The average molecular weight is 369 g/mol. The highest BCUT2D eigenvalue weighted by molar-refractivity contribution is 5.89. The summed E-state index contributed by atoms with van der Waals surface area (Å²) < 4.78 is 5.09. The van der Waals surface area contributed by atoms with E-state index in [4.69, 9.17) is 4.74 Å². The number of aliphatic hydroxyl groups excluding tert-OH is 2. The summed E-state index contributed by atoms with van der Waals surface area (Å²) in [6.07, 6.45) is 18.3. The summed E-state index contributed by atoms with van der Waals surface area (Å²) in [5.41, 5.74) is 0. The molecule has 2 N–H and O–H groups in total. The number of hydrogen-bond donors (Lipinski definition) is 2. The largest absolute Gasteiger partial charge is 0.505 e. The molecule has 1 aliphatic rings. The van der Waals surface area contributed by atoms with E-state index in [9.17, 15) is 15.0 Å². The van der Waals surface area contributed by atoms with Crippen molar-refractivity contribution in [2.75, 3.05) is 0 Å². The predicted molar refractivity (Wildman–Crippen MR) is 106 cm³/mol. The van der Waals surface area contributed by atoms with Crippen molar-refractivity contribution in [1.82, 2.24) is 0 Å². The van der Waals surface area contributed by atoms with E-state index in [-0.39, 0.29) is 11.7 Å². The summed E-state index contributed by atoms with van der Waals surface area (Å²) in [6.45, 7) is 4.29. The molecule has 1 heterocycles. The SMILES string of the molecule is CCCCCCCCCCCCCCCC(CC)C1OC(=O)C(O)=C1O. The van der Waals surface area contributed by atoms with Crippen LogP contribution in [0.2, 0.25) is 0 Å². The summed E-state index contributed by atoms with van der Waals surface area (Å²) >= 11 is 0. The van der Waals surface area contributed by atoms with Gasteiger partial charge >= 0.3 is 5.97 Å². The Kier molecular flexibility index (Phi) is 12.3. The van der Waals surface area contributed by atoms with Gasteiger partial charge in [-0.2, -0.15) is 0 Å². The highest BCUT2D eigenvalue weighted by Gasteiger charge is 2.38. The topological polar surface area (TPSA) is 66.8 Å². The van der Waals surface area contributed by atoms with Crippen LogP contribution in [0.1, 0.15) is 110 Å². The van der Waals surface area contributed by atoms with Crippen molar-refractivity contribution in [3.05, 3.63) is 11.5 Å². The van der Waals surface area contributed by atoms with Gasteiger partial charge in [-0.3, -0.25) is 0 Å². The minimum Gasteiger partial charge on any atom is -0.505 e. The van der Waals surface area contributed by atoms with E-state index in [1.165, 1.54) is 77.0 Å². The molecular formula is C22H40O4. The summed E-state index contributed by atoms with van der Waals surface area (Å²) in [5, 5.41) is 19.2. The third-order valence-electron chi connectivity index (χ3n) is 5.57. The second-order valence-electron chi connectivity index (χ2n) is 7.76. The van der Waals surface area contributed by atoms with Gasteiger partial charge in [-0.1, -0.05) is 97.3 Å². The molecule has 0 aromatic rings. The fourth-order valence-electron chi connectivity index (χ4n) is 3.78. The number of carbonyl (C=O) groups excluding carboxylic acids is 1. The fourth-order valence-corrected chi connectivity index (χ4v) is 3.78. The zero-order chi connectivity index (χ0) is 19.2.